The molecule has 9 aromatic rings. The number of pyridine rings is 3. The molecular weight excluding hydrogens is 629 g/mol. The Labute approximate surface area is 293 Å². The molecule has 0 unspecified atom stereocenters. The molecule has 1 aliphatic rings. The van der Waals surface area contributed by atoms with E-state index in [0.717, 1.165) is 46.6 Å². The first-order valence-electron chi connectivity index (χ1n) is 17.0. The number of rotatable bonds is 5. The summed E-state index contributed by atoms with van der Waals surface area (Å²) in [4.78, 5) is 15.6. The van der Waals surface area contributed by atoms with E-state index in [9.17, 15) is 0 Å². The van der Waals surface area contributed by atoms with Crippen LogP contribution in [0, 0.1) is 0 Å². The van der Waals surface area contributed by atoms with Crippen LogP contribution in [0.3, 0.4) is 0 Å². The molecule has 5 heteroatoms. The summed E-state index contributed by atoms with van der Waals surface area (Å²) in [6.45, 7) is 0. The molecule has 4 aromatic carbocycles. The van der Waals surface area contributed by atoms with Crippen molar-refractivity contribution in [3.05, 3.63) is 162 Å². The Morgan fingerprint density at radius 2 is 1.10 bits per heavy atom. The van der Waals surface area contributed by atoms with Gasteiger partial charge in [-0.2, -0.15) is 0 Å². The number of aryl methyl sites for hydroxylation is 1. The molecule has 0 bridgehead atoms. The Morgan fingerprint density at radius 3 is 1.82 bits per heavy atom. The minimum atomic E-state index is 0.956. The van der Waals surface area contributed by atoms with Crippen LogP contribution in [0.15, 0.2) is 152 Å². The summed E-state index contributed by atoms with van der Waals surface area (Å²) in [7, 11) is 0. The average Bonchev–Trinajstić information content (AvgIpc) is 3.72. The van der Waals surface area contributed by atoms with Crippen LogP contribution in [0.5, 0.6) is 0 Å². The van der Waals surface area contributed by atoms with E-state index in [2.05, 4.69) is 131 Å². The molecule has 0 saturated heterocycles. The molecule has 0 radical (unpaired) electrons. The summed E-state index contributed by atoms with van der Waals surface area (Å²) in [6.07, 6.45) is 10.0. The number of benzene rings is 4. The van der Waals surface area contributed by atoms with Crippen LogP contribution in [0.4, 0.5) is 0 Å². The van der Waals surface area contributed by atoms with Gasteiger partial charge in [0.1, 0.15) is 0 Å². The van der Waals surface area contributed by atoms with Gasteiger partial charge in [0, 0.05) is 66.7 Å². The maximum absolute atomic E-state index is 4.77. The lowest BCUT2D eigenvalue weighted by molar-refractivity contribution is 0.968. The third-order valence-electron chi connectivity index (χ3n) is 9.88. The lowest BCUT2D eigenvalue weighted by Gasteiger charge is -2.18. The molecule has 0 fully saturated rings. The lowest BCUT2D eigenvalue weighted by Crippen LogP contribution is -2.03. The van der Waals surface area contributed by atoms with Gasteiger partial charge in [-0.1, -0.05) is 66.7 Å². The van der Waals surface area contributed by atoms with Crippen LogP contribution in [-0.4, -0.2) is 19.5 Å². The molecule has 10 rings (SSSR count). The third-order valence-corrected chi connectivity index (χ3v) is 11.1. The van der Waals surface area contributed by atoms with Crippen LogP contribution < -0.4 is 0 Å². The van der Waals surface area contributed by atoms with Crippen molar-refractivity contribution in [1.82, 2.24) is 19.5 Å². The van der Waals surface area contributed by atoms with E-state index >= 15 is 0 Å². The number of thiophene rings is 1. The van der Waals surface area contributed by atoms with Gasteiger partial charge >= 0.3 is 0 Å². The van der Waals surface area contributed by atoms with Crippen molar-refractivity contribution in [1.29, 1.82) is 0 Å². The molecule has 0 aliphatic heterocycles. The van der Waals surface area contributed by atoms with Gasteiger partial charge in [0.05, 0.1) is 28.1 Å². The maximum Gasteiger partial charge on any atom is 0.0709 e. The number of hydrogen-bond donors (Lipinski definition) is 0. The monoisotopic (exact) mass is 658 g/mol. The molecule has 4 nitrogen and oxygen atoms in total. The quantitative estimate of drug-likeness (QED) is 0.185. The van der Waals surface area contributed by atoms with Crippen LogP contribution in [-0.2, 0) is 6.42 Å². The highest BCUT2D eigenvalue weighted by atomic mass is 32.1. The Balaban J connectivity index is 1.15. The smallest absolute Gasteiger partial charge is 0.0709 e. The van der Waals surface area contributed by atoms with Gasteiger partial charge in [0.25, 0.3) is 0 Å². The molecule has 50 heavy (non-hydrogen) atoms. The molecule has 0 N–H and O–H groups in total. The zero-order valence-corrected chi connectivity index (χ0v) is 27.9. The molecule has 0 saturated carbocycles. The van der Waals surface area contributed by atoms with Gasteiger partial charge in [-0.25, -0.2) is 0 Å². The molecule has 5 heterocycles. The van der Waals surface area contributed by atoms with Crippen molar-refractivity contribution in [3.8, 4) is 44.9 Å². The van der Waals surface area contributed by atoms with Gasteiger partial charge in [0.2, 0.25) is 0 Å². The summed E-state index contributed by atoms with van der Waals surface area (Å²) in [5.74, 6) is 0. The maximum atomic E-state index is 4.77. The first-order chi connectivity index (χ1) is 24.8. The highest BCUT2D eigenvalue weighted by molar-refractivity contribution is 7.19. The minimum Gasteiger partial charge on any atom is -0.313 e. The topological polar surface area (TPSA) is 43.6 Å². The molecular formula is C45H30N4S. The van der Waals surface area contributed by atoms with Gasteiger partial charge in [-0.15, -0.1) is 11.3 Å². The van der Waals surface area contributed by atoms with Crippen molar-refractivity contribution in [2.75, 3.05) is 0 Å². The second-order valence-electron chi connectivity index (χ2n) is 12.7. The van der Waals surface area contributed by atoms with E-state index in [1.54, 1.807) is 0 Å². The molecule has 0 spiro atoms. The highest BCUT2D eigenvalue weighted by Gasteiger charge is 2.23. The molecule has 0 amide bonds. The Kier molecular flexibility index (Phi) is 6.78. The molecule has 0 atom stereocenters. The fourth-order valence-corrected chi connectivity index (χ4v) is 8.82. The first-order valence-corrected chi connectivity index (χ1v) is 17.8. The molecule has 236 valence electrons. The van der Waals surface area contributed by atoms with Gasteiger partial charge in [0.15, 0.2) is 0 Å². The Hall–Kier alpha value is -6.17. The number of para-hydroxylation sites is 1. The van der Waals surface area contributed by atoms with Crippen molar-refractivity contribution >= 4 is 55.0 Å². The SMILES string of the molecule is C1=C(n2c3ccccc3c3cc(-c4ccccc4-c4ccccn4)ccc32)CCc2sc3cc(-c4ccccn4)c(-c4ccccn4)cc3c21. The lowest BCUT2D eigenvalue weighted by atomic mass is 9.94. The van der Waals surface area contributed by atoms with Crippen molar-refractivity contribution in [3.63, 3.8) is 0 Å². The van der Waals surface area contributed by atoms with Crippen LogP contribution >= 0.6 is 11.3 Å². The summed E-state index contributed by atoms with van der Waals surface area (Å²) in [6, 6.07) is 47.3. The largest absolute Gasteiger partial charge is 0.313 e. The normalized spacial score (nSPS) is 12.8. The minimum absolute atomic E-state index is 0.956. The summed E-state index contributed by atoms with van der Waals surface area (Å²) in [5.41, 5.74) is 13.7. The Morgan fingerprint density at radius 1 is 0.480 bits per heavy atom. The fourth-order valence-electron chi connectivity index (χ4n) is 7.61. The van der Waals surface area contributed by atoms with Crippen molar-refractivity contribution in [2.45, 2.75) is 12.8 Å². The zero-order chi connectivity index (χ0) is 33.0. The first kappa shape index (κ1) is 28.8. The highest BCUT2D eigenvalue weighted by Crippen LogP contribution is 2.45. The summed E-state index contributed by atoms with van der Waals surface area (Å²) in [5, 5.41) is 3.80. The Bertz CT molecular complexity index is 2740. The number of nitrogens with zero attached hydrogens (tertiary/aromatic N) is 4. The number of fused-ring (bicyclic) bond motifs is 6. The second-order valence-corrected chi connectivity index (χ2v) is 13.9. The number of allylic oxidation sites excluding steroid dienone is 1. The predicted molar refractivity (Wildman–Crippen MR) is 209 cm³/mol. The van der Waals surface area contributed by atoms with Crippen molar-refractivity contribution < 1.29 is 0 Å². The zero-order valence-electron chi connectivity index (χ0n) is 27.1. The van der Waals surface area contributed by atoms with Crippen molar-refractivity contribution in [2.24, 2.45) is 0 Å². The number of hydrogen-bond acceptors (Lipinski definition) is 4. The molecule has 5 aromatic heterocycles. The summed E-state index contributed by atoms with van der Waals surface area (Å²) >= 11 is 1.91. The predicted octanol–water partition coefficient (Wildman–Crippen LogP) is 11.8. The standard InChI is InChI=1S/C45H30N4S/c1-2-12-32(39-14-5-8-22-46-39)31(11-1)29-18-20-43-36(25-29)33-13-3-4-17-42(33)49(43)30-19-21-44-37(26-30)38-27-34(40-15-6-9-23-47-40)35(28-45(38)50-44)41-16-7-10-24-48-41/h1-18,20,22-28H,19,21H2. The van der Waals surface area contributed by atoms with Gasteiger partial charge in [-0.3, -0.25) is 15.0 Å². The van der Waals surface area contributed by atoms with Gasteiger partial charge in [-0.05, 0) is 102 Å². The molecule has 1 aliphatic carbocycles. The van der Waals surface area contributed by atoms with E-state index in [1.165, 1.54) is 59.2 Å². The van der Waals surface area contributed by atoms with Crippen LogP contribution in [0.2, 0.25) is 0 Å². The van der Waals surface area contributed by atoms with E-state index < -0.39 is 0 Å². The van der Waals surface area contributed by atoms with Gasteiger partial charge < -0.3 is 4.57 Å². The number of aromatic nitrogens is 4. The van der Waals surface area contributed by atoms with Crippen LogP contribution in [0.1, 0.15) is 16.9 Å². The third kappa shape index (κ3) is 4.70. The van der Waals surface area contributed by atoms with E-state index in [0.29, 0.717) is 0 Å². The van der Waals surface area contributed by atoms with E-state index in [-0.39, 0.29) is 0 Å². The van der Waals surface area contributed by atoms with Crippen LogP contribution in [0.25, 0.3) is 88.6 Å². The van der Waals surface area contributed by atoms with E-state index in [4.69, 9.17) is 9.97 Å². The second kappa shape index (κ2) is 11.8. The summed E-state index contributed by atoms with van der Waals surface area (Å²) < 4.78 is 3.78. The fraction of sp³-hybridized carbons (Fsp3) is 0.0444. The van der Waals surface area contributed by atoms with E-state index in [1.807, 2.05) is 48.1 Å². The average molecular weight is 659 g/mol.